The number of hydrazone groups is 1. The fourth-order valence-corrected chi connectivity index (χ4v) is 3.87. The van der Waals surface area contributed by atoms with Gasteiger partial charge in [-0.25, -0.2) is 18.7 Å². The molecule has 5 rings (SSSR count). The van der Waals surface area contributed by atoms with Crippen molar-refractivity contribution in [1.82, 2.24) is 25.1 Å². The number of aromatic nitrogens is 5. The maximum Gasteiger partial charge on any atom is 0.251 e. The number of rotatable bonds is 4. The van der Waals surface area contributed by atoms with Crippen LogP contribution in [0, 0.1) is 0 Å². The molecule has 1 fully saturated rings. The van der Waals surface area contributed by atoms with Gasteiger partial charge in [0.25, 0.3) is 5.92 Å². The molecule has 0 saturated carbocycles. The Balaban J connectivity index is 1.56. The third kappa shape index (κ3) is 3.39. The zero-order chi connectivity index (χ0) is 21.6. The minimum atomic E-state index is -2.62. The molecular formula is C21H20F2N8. The Kier molecular flexibility index (Phi) is 4.42. The number of H-pyrrole nitrogens is 2. The number of piperidine rings is 1. The number of hydrogen-bond acceptors (Lipinski definition) is 6. The Bertz CT molecular complexity index is 1310. The molecule has 0 spiro atoms. The van der Waals surface area contributed by atoms with Gasteiger partial charge in [-0.05, 0) is 29.3 Å². The molecule has 0 atom stereocenters. The topological polar surface area (TPSA) is 112 Å². The van der Waals surface area contributed by atoms with Crippen LogP contribution < -0.4 is 10.7 Å². The standard InChI is InChI=1S/C21H20F2N8/c1-12(11-26-24)13-2-3-15-14(10-13)17(30-29-15)19-27-16-4-7-25-20(18(16)28-19)31-8-5-21(22,23)6-9-31/h2-4,7,10-11H,1,5-6,8-9,24H2,(H,27,28)(H,29,30)/b26-11-. The normalized spacial score (nSPS) is 16.5. The zero-order valence-electron chi connectivity index (χ0n) is 16.6. The molecule has 1 aliphatic rings. The van der Waals surface area contributed by atoms with E-state index in [1.807, 2.05) is 29.2 Å². The fraction of sp³-hybridized carbons (Fsp3) is 0.238. The number of nitrogens with two attached hydrogens (primary N) is 1. The number of halogens is 2. The highest BCUT2D eigenvalue weighted by Gasteiger charge is 2.35. The Morgan fingerprint density at radius 2 is 2.03 bits per heavy atom. The summed E-state index contributed by atoms with van der Waals surface area (Å²) < 4.78 is 27.2. The number of fused-ring (bicyclic) bond motifs is 2. The van der Waals surface area contributed by atoms with E-state index in [0.717, 1.165) is 22.0 Å². The molecule has 3 aromatic heterocycles. The highest BCUT2D eigenvalue weighted by atomic mass is 19.3. The van der Waals surface area contributed by atoms with E-state index in [2.05, 4.69) is 31.8 Å². The van der Waals surface area contributed by atoms with Gasteiger partial charge >= 0.3 is 0 Å². The van der Waals surface area contributed by atoms with E-state index in [1.54, 1.807) is 6.20 Å². The predicted molar refractivity (Wildman–Crippen MR) is 117 cm³/mol. The lowest BCUT2D eigenvalue weighted by Crippen LogP contribution is -2.39. The molecule has 4 heterocycles. The molecule has 4 aromatic rings. The van der Waals surface area contributed by atoms with Gasteiger partial charge in [-0.15, -0.1) is 0 Å². The van der Waals surface area contributed by atoms with E-state index in [1.165, 1.54) is 6.21 Å². The van der Waals surface area contributed by atoms with Crippen molar-refractivity contribution in [1.29, 1.82) is 0 Å². The summed E-state index contributed by atoms with van der Waals surface area (Å²) in [4.78, 5) is 14.3. The molecule has 0 amide bonds. The van der Waals surface area contributed by atoms with Crippen LogP contribution in [0.4, 0.5) is 14.6 Å². The molecule has 0 radical (unpaired) electrons. The lowest BCUT2D eigenvalue weighted by atomic mass is 10.1. The van der Waals surface area contributed by atoms with Gasteiger partial charge < -0.3 is 15.7 Å². The first kappa shape index (κ1) is 19.2. The molecule has 8 nitrogen and oxygen atoms in total. The van der Waals surface area contributed by atoms with Gasteiger partial charge in [-0.3, -0.25) is 5.10 Å². The van der Waals surface area contributed by atoms with Crippen molar-refractivity contribution in [3.05, 3.63) is 42.6 Å². The van der Waals surface area contributed by atoms with Crippen molar-refractivity contribution in [2.75, 3.05) is 18.0 Å². The third-order valence-corrected chi connectivity index (χ3v) is 5.56. The minimum Gasteiger partial charge on any atom is -0.354 e. The molecule has 1 saturated heterocycles. The summed E-state index contributed by atoms with van der Waals surface area (Å²) in [6.07, 6.45) is 2.77. The van der Waals surface area contributed by atoms with Crippen molar-refractivity contribution in [2.24, 2.45) is 10.9 Å². The van der Waals surface area contributed by atoms with E-state index in [-0.39, 0.29) is 25.9 Å². The smallest absolute Gasteiger partial charge is 0.251 e. The molecule has 1 aliphatic heterocycles. The van der Waals surface area contributed by atoms with Crippen LogP contribution in [0.15, 0.2) is 42.1 Å². The van der Waals surface area contributed by atoms with Gasteiger partial charge in [0.1, 0.15) is 11.2 Å². The molecule has 0 bridgehead atoms. The minimum absolute atomic E-state index is 0.189. The second-order valence-electron chi connectivity index (χ2n) is 7.60. The largest absolute Gasteiger partial charge is 0.354 e. The zero-order valence-corrected chi connectivity index (χ0v) is 16.6. The van der Waals surface area contributed by atoms with E-state index >= 15 is 0 Å². The number of alkyl halides is 2. The van der Waals surface area contributed by atoms with Crippen molar-refractivity contribution in [2.45, 2.75) is 18.8 Å². The molecule has 158 valence electrons. The van der Waals surface area contributed by atoms with Gasteiger partial charge in [0.15, 0.2) is 11.6 Å². The summed E-state index contributed by atoms with van der Waals surface area (Å²) in [7, 11) is 0. The lowest BCUT2D eigenvalue weighted by Gasteiger charge is -2.32. The number of pyridine rings is 1. The van der Waals surface area contributed by atoms with Gasteiger partial charge in [-0.1, -0.05) is 12.6 Å². The second-order valence-corrected chi connectivity index (χ2v) is 7.60. The number of allylic oxidation sites excluding steroid dienone is 1. The van der Waals surface area contributed by atoms with Crippen LogP contribution in [0.2, 0.25) is 0 Å². The number of aromatic amines is 2. The Hall–Kier alpha value is -3.82. The average molecular weight is 422 g/mol. The fourth-order valence-electron chi connectivity index (χ4n) is 3.87. The molecule has 31 heavy (non-hydrogen) atoms. The third-order valence-electron chi connectivity index (χ3n) is 5.56. The number of nitrogens with one attached hydrogen (secondary N) is 2. The monoisotopic (exact) mass is 422 g/mol. The van der Waals surface area contributed by atoms with E-state index in [0.29, 0.717) is 28.4 Å². The van der Waals surface area contributed by atoms with Crippen molar-refractivity contribution in [3.8, 4) is 11.5 Å². The van der Waals surface area contributed by atoms with E-state index in [4.69, 9.17) is 10.8 Å². The number of anilines is 1. The van der Waals surface area contributed by atoms with Crippen molar-refractivity contribution >= 4 is 39.5 Å². The van der Waals surface area contributed by atoms with Gasteiger partial charge in [-0.2, -0.15) is 10.2 Å². The summed E-state index contributed by atoms with van der Waals surface area (Å²) >= 11 is 0. The Morgan fingerprint density at radius 3 is 2.81 bits per heavy atom. The summed E-state index contributed by atoms with van der Waals surface area (Å²) in [6, 6.07) is 7.56. The summed E-state index contributed by atoms with van der Waals surface area (Å²) in [5.74, 6) is 3.78. The van der Waals surface area contributed by atoms with Gasteiger partial charge in [0, 0.05) is 37.5 Å². The highest BCUT2D eigenvalue weighted by molar-refractivity contribution is 6.10. The summed E-state index contributed by atoms with van der Waals surface area (Å²) in [5, 5.41) is 11.8. The van der Waals surface area contributed by atoms with Crippen LogP contribution in [0.25, 0.3) is 39.0 Å². The highest BCUT2D eigenvalue weighted by Crippen LogP contribution is 2.34. The average Bonchev–Trinajstić information content (AvgIpc) is 3.37. The van der Waals surface area contributed by atoms with Crippen molar-refractivity contribution < 1.29 is 8.78 Å². The SMILES string of the molecule is C=C(/C=N\N)c1ccc2[nH]nc(-c3nc4c(N5CCC(F)(F)CC5)nccc4[nH]3)c2c1. The quantitative estimate of drug-likeness (QED) is 0.264. The number of benzene rings is 1. The first-order valence-electron chi connectivity index (χ1n) is 9.84. The van der Waals surface area contributed by atoms with Gasteiger partial charge in [0.05, 0.1) is 17.2 Å². The maximum atomic E-state index is 13.6. The molecular weight excluding hydrogens is 402 g/mol. The molecule has 0 aliphatic carbocycles. The lowest BCUT2D eigenvalue weighted by molar-refractivity contribution is -0.0221. The van der Waals surface area contributed by atoms with Crippen molar-refractivity contribution in [3.63, 3.8) is 0 Å². The number of hydrogen-bond donors (Lipinski definition) is 3. The summed E-state index contributed by atoms with van der Waals surface area (Å²) in [5.41, 5.74) is 4.42. The van der Waals surface area contributed by atoms with Crippen LogP contribution in [0.5, 0.6) is 0 Å². The van der Waals surface area contributed by atoms with Crippen LogP contribution >= 0.6 is 0 Å². The first-order valence-corrected chi connectivity index (χ1v) is 9.84. The van der Waals surface area contributed by atoms with Crippen LogP contribution in [-0.2, 0) is 0 Å². The maximum absolute atomic E-state index is 13.6. The van der Waals surface area contributed by atoms with Crippen LogP contribution in [0.1, 0.15) is 18.4 Å². The molecule has 0 unspecified atom stereocenters. The van der Waals surface area contributed by atoms with E-state index < -0.39 is 5.92 Å². The van der Waals surface area contributed by atoms with E-state index in [9.17, 15) is 8.78 Å². The molecule has 4 N–H and O–H groups in total. The summed E-state index contributed by atoms with van der Waals surface area (Å²) in [6.45, 7) is 4.44. The number of nitrogens with zero attached hydrogens (tertiary/aromatic N) is 5. The second kappa shape index (κ2) is 7.15. The predicted octanol–water partition coefficient (Wildman–Crippen LogP) is 3.69. The molecule has 10 heteroatoms. The Labute approximate surface area is 175 Å². The van der Waals surface area contributed by atoms with Crippen LogP contribution in [-0.4, -0.2) is 50.4 Å². The van der Waals surface area contributed by atoms with Gasteiger partial charge in [0.2, 0.25) is 0 Å². The van der Waals surface area contributed by atoms with Crippen LogP contribution in [0.3, 0.4) is 0 Å². The molecule has 1 aromatic carbocycles. The first-order chi connectivity index (χ1) is 14.9. The Morgan fingerprint density at radius 1 is 1.23 bits per heavy atom. The number of imidazole rings is 1.